The SMILES string of the molecule is CC1c2c(c3ccccc3n2-c2ccc(C3=Nc4ccccc4C3)cc2)C=CC1c1ccccc1/C=C\c1nc(-c2ccccc2)nc(-c2ccc(-c3cccc(-c4ccccc4)c3)cc2)n1. The molecule has 2 aliphatic rings. The van der Waals surface area contributed by atoms with Crippen LogP contribution in [0.2, 0.25) is 0 Å². The number of benzene rings is 8. The predicted octanol–water partition coefficient (Wildman–Crippen LogP) is 15.2. The highest BCUT2D eigenvalue weighted by atomic mass is 15.0. The van der Waals surface area contributed by atoms with Gasteiger partial charge in [0.25, 0.3) is 0 Å². The summed E-state index contributed by atoms with van der Waals surface area (Å²) in [5.41, 5.74) is 18.5. The first-order valence-corrected chi connectivity index (χ1v) is 23.0. The van der Waals surface area contributed by atoms with Crippen molar-refractivity contribution in [1.82, 2.24) is 19.5 Å². The quantitative estimate of drug-likeness (QED) is 0.145. The lowest BCUT2D eigenvalue weighted by molar-refractivity contribution is 0.638. The summed E-state index contributed by atoms with van der Waals surface area (Å²) in [6.45, 7) is 2.37. The van der Waals surface area contributed by atoms with Crippen molar-refractivity contribution >= 4 is 40.5 Å². The Balaban J connectivity index is 0.865. The molecule has 0 N–H and O–H groups in total. The zero-order valence-electron chi connectivity index (χ0n) is 37.0. The second-order valence-corrected chi connectivity index (χ2v) is 17.4. The van der Waals surface area contributed by atoms with Gasteiger partial charge in [0.1, 0.15) is 0 Å². The topological polar surface area (TPSA) is 56.0 Å². The van der Waals surface area contributed by atoms with Gasteiger partial charge >= 0.3 is 0 Å². The van der Waals surface area contributed by atoms with Gasteiger partial charge in [-0.15, -0.1) is 0 Å². The van der Waals surface area contributed by atoms with Crippen LogP contribution in [-0.4, -0.2) is 25.2 Å². The van der Waals surface area contributed by atoms with Crippen LogP contribution in [0.15, 0.2) is 217 Å². The number of hydrogen-bond donors (Lipinski definition) is 0. The van der Waals surface area contributed by atoms with Crippen molar-refractivity contribution in [3.63, 3.8) is 0 Å². The molecule has 0 saturated carbocycles. The first-order valence-electron chi connectivity index (χ1n) is 23.0. The molecule has 2 aromatic heterocycles. The number of allylic oxidation sites excluding steroid dienone is 1. The fourth-order valence-electron chi connectivity index (χ4n) is 9.96. The van der Waals surface area contributed by atoms with E-state index in [9.17, 15) is 0 Å². The molecule has 318 valence electrons. The molecule has 1 aliphatic heterocycles. The zero-order valence-corrected chi connectivity index (χ0v) is 37.0. The molecule has 5 heteroatoms. The van der Waals surface area contributed by atoms with Gasteiger partial charge in [-0.05, 0) is 80.9 Å². The minimum absolute atomic E-state index is 0.128. The van der Waals surface area contributed by atoms with Gasteiger partial charge < -0.3 is 4.57 Å². The summed E-state index contributed by atoms with van der Waals surface area (Å²) in [6.07, 6.45) is 9.80. The highest BCUT2D eigenvalue weighted by Crippen LogP contribution is 2.46. The average molecular weight is 860 g/mol. The van der Waals surface area contributed by atoms with Gasteiger partial charge in [-0.2, -0.15) is 0 Å². The number of rotatable bonds is 9. The third-order valence-corrected chi connectivity index (χ3v) is 13.4. The first-order chi connectivity index (χ1) is 33.1. The maximum absolute atomic E-state index is 5.06. The van der Waals surface area contributed by atoms with Gasteiger partial charge in [-0.3, -0.25) is 4.99 Å². The third-order valence-electron chi connectivity index (χ3n) is 13.4. The molecule has 8 aromatic carbocycles. The molecule has 0 bridgehead atoms. The molecule has 0 fully saturated rings. The highest BCUT2D eigenvalue weighted by Gasteiger charge is 2.31. The summed E-state index contributed by atoms with van der Waals surface area (Å²) < 4.78 is 2.48. The Labute approximate surface area is 390 Å². The van der Waals surface area contributed by atoms with Crippen molar-refractivity contribution < 1.29 is 0 Å². The number of fused-ring (bicyclic) bond motifs is 4. The maximum atomic E-state index is 5.06. The van der Waals surface area contributed by atoms with E-state index in [-0.39, 0.29) is 11.8 Å². The summed E-state index contributed by atoms with van der Waals surface area (Å²) in [7, 11) is 0. The Kier molecular flexibility index (Phi) is 10.2. The van der Waals surface area contributed by atoms with Gasteiger partial charge in [-0.25, -0.2) is 15.0 Å². The van der Waals surface area contributed by atoms with E-state index in [1.54, 1.807) is 0 Å². The van der Waals surface area contributed by atoms with E-state index in [0.717, 1.165) is 56.9 Å². The van der Waals surface area contributed by atoms with Crippen molar-refractivity contribution in [3.05, 3.63) is 252 Å². The fourth-order valence-corrected chi connectivity index (χ4v) is 9.96. The predicted molar refractivity (Wildman–Crippen MR) is 277 cm³/mol. The number of aromatic nitrogens is 4. The Hall–Kier alpha value is -8.54. The zero-order chi connectivity index (χ0) is 44.7. The second-order valence-electron chi connectivity index (χ2n) is 17.4. The lowest BCUT2D eigenvalue weighted by Gasteiger charge is -2.29. The normalized spacial score (nSPS) is 15.1. The third kappa shape index (κ3) is 7.60. The minimum Gasteiger partial charge on any atom is -0.313 e. The Morgan fingerprint density at radius 3 is 1.87 bits per heavy atom. The second kappa shape index (κ2) is 17.1. The van der Waals surface area contributed by atoms with E-state index in [1.165, 1.54) is 44.4 Å². The molecular formula is C62H45N5. The van der Waals surface area contributed by atoms with Gasteiger partial charge in [0.05, 0.1) is 16.9 Å². The Morgan fingerprint density at radius 1 is 0.507 bits per heavy atom. The van der Waals surface area contributed by atoms with Crippen LogP contribution >= 0.6 is 0 Å². The molecule has 0 saturated heterocycles. The number of aliphatic imine (C=N–C) groups is 1. The van der Waals surface area contributed by atoms with Crippen LogP contribution in [0.25, 0.3) is 79.8 Å². The summed E-state index contributed by atoms with van der Waals surface area (Å²) in [5.74, 6) is 2.17. The van der Waals surface area contributed by atoms with Crippen molar-refractivity contribution in [2.75, 3.05) is 0 Å². The Bertz CT molecular complexity index is 3550. The van der Waals surface area contributed by atoms with Crippen molar-refractivity contribution in [2.24, 2.45) is 4.99 Å². The molecular weight excluding hydrogens is 815 g/mol. The Morgan fingerprint density at radius 2 is 1.10 bits per heavy atom. The lowest BCUT2D eigenvalue weighted by Crippen LogP contribution is -2.15. The summed E-state index contributed by atoms with van der Waals surface area (Å²) in [6, 6.07) is 72.8. The molecule has 5 nitrogen and oxygen atoms in total. The molecule has 2 unspecified atom stereocenters. The molecule has 0 radical (unpaired) electrons. The highest BCUT2D eigenvalue weighted by molar-refractivity contribution is 6.06. The van der Waals surface area contributed by atoms with E-state index in [0.29, 0.717) is 17.5 Å². The van der Waals surface area contributed by atoms with Crippen LogP contribution in [0.1, 0.15) is 58.1 Å². The fraction of sp³-hybridized carbons (Fsp3) is 0.0645. The maximum Gasteiger partial charge on any atom is 0.164 e. The smallest absolute Gasteiger partial charge is 0.164 e. The van der Waals surface area contributed by atoms with Crippen LogP contribution in [0.4, 0.5) is 5.69 Å². The largest absolute Gasteiger partial charge is 0.313 e. The molecule has 3 heterocycles. The average Bonchev–Trinajstić information content (AvgIpc) is 3.99. The molecule has 0 spiro atoms. The van der Waals surface area contributed by atoms with E-state index >= 15 is 0 Å². The van der Waals surface area contributed by atoms with Crippen LogP contribution in [0.3, 0.4) is 0 Å². The van der Waals surface area contributed by atoms with E-state index in [2.05, 4.69) is 200 Å². The van der Waals surface area contributed by atoms with Crippen LogP contribution in [0.5, 0.6) is 0 Å². The number of hydrogen-bond acceptors (Lipinski definition) is 4. The van der Waals surface area contributed by atoms with E-state index < -0.39 is 0 Å². The number of para-hydroxylation sites is 2. The van der Waals surface area contributed by atoms with Crippen molar-refractivity contribution in [1.29, 1.82) is 0 Å². The van der Waals surface area contributed by atoms with E-state index in [4.69, 9.17) is 19.9 Å². The van der Waals surface area contributed by atoms with Gasteiger partial charge in [0.15, 0.2) is 17.5 Å². The minimum atomic E-state index is 0.128. The van der Waals surface area contributed by atoms with Crippen LogP contribution < -0.4 is 0 Å². The molecule has 0 amide bonds. The van der Waals surface area contributed by atoms with Gasteiger partial charge in [-0.1, -0.05) is 201 Å². The molecule has 67 heavy (non-hydrogen) atoms. The monoisotopic (exact) mass is 859 g/mol. The molecule has 12 rings (SSSR count). The van der Waals surface area contributed by atoms with Gasteiger partial charge in [0, 0.05) is 51.7 Å². The van der Waals surface area contributed by atoms with Crippen LogP contribution in [0, 0.1) is 0 Å². The number of nitrogens with zero attached hydrogens (tertiary/aromatic N) is 5. The summed E-state index contributed by atoms with van der Waals surface area (Å²) in [4.78, 5) is 20.1. The summed E-state index contributed by atoms with van der Waals surface area (Å²) >= 11 is 0. The molecule has 1 aliphatic carbocycles. The molecule has 10 aromatic rings. The van der Waals surface area contributed by atoms with Crippen molar-refractivity contribution in [3.8, 4) is 50.7 Å². The lowest BCUT2D eigenvalue weighted by atomic mass is 9.78. The van der Waals surface area contributed by atoms with Crippen LogP contribution in [-0.2, 0) is 6.42 Å². The van der Waals surface area contributed by atoms with Crippen molar-refractivity contribution in [2.45, 2.75) is 25.2 Å². The van der Waals surface area contributed by atoms with E-state index in [1.807, 2.05) is 42.5 Å². The molecule has 2 atom stereocenters. The summed E-state index contributed by atoms with van der Waals surface area (Å²) in [5, 5.41) is 1.26. The first kappa shape index (κ1) is 40.0. The standard InChI is InChI=1S/C62H45N5/c1-41-52(36-37-55-54-24-11-13-26-58(54)67(60(41)55)51-34-31-45(32-35-51)57-40-50-20-9-12-25-56(50)63-57)53-23-10-8-17-44(53)33-38-59-64-61(46-18-6-3-7-19-46)66-62(65-59)47-29-27-43(28-30-47)49-22-14-21-48(39-49)42-15-4-2-5-16-42/h2-39,41,52H,40H2,1H3/b38-33-. The van der Waals surface area contributed by atoms with Gasteiger partial charge in [0.2, 0.25) is 0 Å².